The van der Waals surface area contributed by atoms with Gasteiger partial charge in [-0.25, -0.2) is 0 Å². The summed E-state index contributed by atoms with van der Waals surface area (Å²) in [4.78, 5) is 14.1. The van der Waals surface area contributed by atoms with Gasteiger partial charge in [0.25, 0.3) is 5.91 Å². The molecular weight excluding hydrogens is 315 g/mol. The van der Waals surface area contributed by atoms with Gasteiger partial charge in [0.05, 0.1) is 0 Å². The van der Waals surface area contributed by atoms with Gasteiger partial charge < -0.3 is 10.6 Å². The summed E-state index contributed by atoms with van der Waals surface area (Å²) in [5.41, 5.74) is 6.43. The minimum atomic E-state index is 0.115. The Morgan fingerprint density at radius 1 is 1.44 bits per heavy atom. The van der Waals surface area contributed by atoms with E-state index >= 15 is 0 Å². The van der Waals surface area contributed by atoms with E-state index in [-0.39, 0.29) is 11.9 Å². The summed E-state index contributed by atoms with van der Waals surface area (Å²) < 4.78 is 1.14. The molecule has 0 bridgehead atoms. The van der Waals surface area contributed by atoms with Gasteiger partial charge in [-0.2, -0.15) is 0 Å². The molecule has 1 unspecified atom stereocenters. The van der Waals surface area contributed by atoms with Gasteiger partial charge in [-0.1, -0.05) is 0 Å². The molecule has 2 rings (SSSR count). The highest BCUT2D eigenvalue weighted by Crippen LogP contribution is 2.19. The summed E-state index contributed by atoms with van der Waals surface area (Å²) in [6, 6.07) is 7.92. The second kappa shape index (κ2) is 5.14. The van der Waals surface area contributed by atoms with Crippen molar-refractivity contribution in [2.45, 2.75) is 18.9 Å². The highest BCUT2D eigenvalue weighted by atomic mass is 127. The molecular formula is C12H15IN2O. The molecule has 0 aliphatic carbocycles. The maximum Gasteiger partial charge on any atom is 0.254 e. The second-order valence-corrected chi connectivity index (χ2v) is 5.28. The Balaban J connectivity index is 2.15. The van der Waals surface area contributed by atoms with Crippen LogP contribution in [-0.2, 0) is 0 Å². The van der Waals surface area contributed by atoms with Crippen LogP contribution in [0.5, 0.6) is 0 Å². The Bertz CT molecular complexity index is 377. The fraction of sp³-hybridized carbons (Fsp3) is 0.417. The van der Waals surface area contributed by atoms with Crippen LogP contribution in [0.4, 0.5) is 0 Å². The van der Waals surface area contributed by atoms with Crippen molar-refractivity contribution in [2.24, 2.45) is 5.73 Å². The standard InChI is InChI=1S/C12H15IN2O/c13-10-5-3-9(4-6-10)12(16)15-7-1-2-11(15)8-14/h3-6,11H,1-2,7-8,14H2. The Hall–Kier alpha value is -0.620. The lowest BCUT2D eigenvalue weighted by atomic mass is 10.1. The molecule has 1 aromatic rings. The summed E-state index contributed by atoms with van der Waals surface area (Å²) in [5.74, 6) is 0.115. The first-order valence-electron chi connectivity index (χ1n) is 5.49. The van der Waals surface area contributed by atoms with Crippen LogP contribution < -0.4 is 5.73 Å². The number of rotatable bonds is 2. The van der Waals surface area contributed by atoms with Gasteiger partial charge in [0, 0.05) is 28.3 Å². The molecule has 1 aromatic carbocycles. The maximum absolute atomic E-state index is 12.2. The van der Waals surface area contributed by atoms with Crippen molar-refractivity contribution in [3.05, 3.63) is 33.4 Å². The number of carbonyl (C=O) groups is 1. The third kappa shape index (κ3) is 2.38. The van der Waals surface area contributed by atoms with Crippen molar-refractivity contribution < 1.29 is 4.79 Å². The van der Waals surface area contributed by atoms with Crippen LogP contribution in [0.25, 0.3) is 0 Å². The quantitative estimate of drug-likeness (QED) is 0.842. The molecule has 1 fully saturated rings. The fourth-order valence-corrected chi connectivity index (χ4v) is 2.47. The van der Waals surface area contributed by atoms with Gasteiger partial charge in [-0.15, -0.1) is 0 Å². The zero-order valence-electron chi connectivity index (χ0n) is 9.03. The molecule has 1 atom stereocenters. The smallest absolute Gasteiger partial charge is 0.254 e. The normalized spacial score (nSPS) is 20.1. The fourth-order valence-electron chi connectivity index (χ4n) is 2.11. The van der Waals surface area contributed by atoms with Gasteiger partial charge >= 0.3 is 0 Å². The predicted molar refractivity (Wildman–Crippen MR) is 72.3 cm³/mol. The van der Waals surface area contributed by atoms with Crippen molar-refractivity contribution in [1.29, 1.82) is 0 Å². The Morgan fingerprint density at radius 2 is 2.12 bits per heavy atom. The Morgan fingerprint density at radius 3 is 2.75 bits per heavy atom. The van der Waals surface area contributed by atoms with E-state index in [0.717, 1.165) is 28.5 Å². The molecule has 1 aliphatic rings. The van der Waals surface area contributed by atoms with Crippen LogP contribution in [0, 0.1) is 3.57 Å². The van der Waals surface area contributed by atoms with Crippen LogP contribution in [-0.4, -0.2) is 29.9 Å². The van der Waals surface area contributed by atoms with E-state index in [4.69, 9.17) is 5.73 Å². The number of nitrogens with zero attached hydrogens (tertiary/aromatic N) is 1. The molecule has 1 saturated heterocycles. The topological polar surface area (TPSA) is 46.3 Å². The number of carbonyl (C=O) groups excluding carboxylic acids is 1. The molecule has 3 nitrogen and oxygen atoms in total. The molecule has 86 valence electrons. The zero-order chi connectivity index (χ0) is 11.5. The lowest BCUT2D eigenvalue weighted by Crippen LogP contribution is -2.39. The van der Waals surface area contributed by atoms with Crippen molar-refractivity contribution in [2.75, 3.05) is 13.1 Å². The summed E-state index contributed by atoms with van der Waals surface area (Å²) in [5, 5.41) is 0. The SMILES string of the molecule is NCC1CCCN1C(=O)c1ccc(I)cc1. The van der Waals surface area contributed by atoms with Crippen molar-refractivity contribution in [3.63, 3.8) is 0 Å². The van der Waals surface area contributed by atoms with Crippen LogP contribution in [0.15, 0.2) is 24.3 Å². The lowest BCUT2D eigenvalue weighted by molar-refractivity contribution is 0.0741. The molecule has 1 aliphatic heterocycles. The van der Waals surface area contributed by atoms with Gasteiger partial charge in [0.15, 0.2) is 0 Å². The van der Waals surface area contributed by atoms with E-state index in [0.29, 0.717) is 6.54 Å². The van der Waals surface area contributed by atoms with E-state index in [1.54, 1.807) is 0 Å². The average Bonchev–Trinajstić information content (AvgIpc) is 2.77. The minimum absolute atomic E-state index is 0.115. The number of amides is 1. The molecule has 2 N–H and O–H groups in total. The summed E-state index contributed by atoms with van der Waals surface area (Å²) in [7, 11) is 0. The third-order valence-electron chi connectivity index (χ3n) is 3.00. The lowest BCUT2D eigenvalue weighted by Gasteiger charge is -2.23. The highest BCUT2D eigenvalue weighted by molar-refractivity contribution is 14.1. The van der Waals surface area contributed by atoms with Crippen molar-refractivity contribution in [3.8, 4) is 0 Å². The largest absolute Gasteiger partial charge is 0.334 e. The summed E-state index contributed by atoms with van der Waals surface area (Å²) in [6.45, 7) is 1.41. The molecule has 0 spiro atoms. The monoisotopic (exact) mass is 330 g/mol. The van der Waals surface area contributed by atoms with Crippen LogP contribution >= 0.6 is 22.6 Å². The van der Waals surface area contributed by atoms with Crippen LogP contribution in [0.1, 0.15) is 23.2 Å². The first kappa shape index (κ1) is 11.9. The third-order valence-corrected chi connectivity index (χ3v) is 3.72. The number of benzene rings is 1. The summed E-state index contributed by atoms with van der Waals surface area (Å²) in [6.07, 6.45) is 2.10. The highest BCUT2D eigenvalue weighted by Gasteiger charge is 2.27. The first-order valence-corrected chi connectivity index (χ1v) is 6.57. The second-order valence-electron chi connectivity index (χ2n) is 4.04. The van der Waals surface area contributed by atoms with Crippen LogP contribution in [0.3, 0.4) is 0 Å². The number of nitrogens with two attached hydrogens (primary N) is 1. The molecule has 0 aromatic heterocycles. The van der Waals surface area contributed by atoms with Gasteiger partial charge in [0.1, 0.15) is 0 Å². The Labute approximate surface area is 109 Å². The summed E-state index contributed by atoms with van der Waals surface area (Å²) >= 11 is 2.23. The Kier molecular flexibility index (Phi) is 3.81. The van der Waals surface area contributed by atoms with Crippen molar-refractivity contribution in [1.82, 2.24) is 4.90 Å². The van der Waals surface area contributed by atoms with Crippen LogP contribution in [0.2, 0.25) is 0 Å². The molecule has 0 radical (unpaired) electrons. The molecule has 1 heterocycles. The molecule has 16 heavy (non-hydrogen) atoms. The van der Waals surface area contributed by atoms with Gasteiger partial charge in [-0.05, 0) is 59.7 Å². The van der Waals surface area contributed by atoms with Crippen molar-refractivity contribution >= 4 is 28.5 Å². The van der Waals surface area contributed by atoms with E-state index in [9.17, 15) is 4.79 Å². The number of halogens is 1. The number of hydrogen-bond donors (Lipinski definition) is 1. The molecule has 4 heteroatoms. The molecule has 1 amide bonds. The first-order chi connectivity index (χ1) is 7.72. The van der Waals surface area contributed by atoms with E-state index in [1.165, 1.54) is 0 Å². The molecule has 0 saturated carbocycles. The van der Waals surface area contributed by atoms with E-state index in [2.05, 4.69) is 22.6 Å². The minimum Gasteiger partial charge on any atom is -0.334 e. The van der Waals surface area contributed by atoms with E-state index < -0.39 is 0 Å². The zero-order valence-corrected chi connectivity index (χ0v) is 11.2. The predicted octanol–water partition coefficient (Wildman–Crippen LogP) is 1.85. The van der Waals surface area contributed by atoms with Gasteiger partial charge in [-0.3, -0.25) is 4.79 Å². The average molecular weight is 330 g/mol. The maximum atomic E-state index is 12.2. The number of hydrogen-bond acceptors (Lipinski definition) is 2. The van der Waals surface area contributed by atoms with Gasteiger partial charge in [0.2, 0.25) is 0 Å². The number of likely N-dealkylation sites (tertiary alicyclic amines) is 1. The van der Waals surface area contributed by atoms with E-state index in [1.807, 2.05) is 29.2 Å².